The van der Waals surface area contributed by atoms with Gasteiger partial charge in [0.1, 0.15) is 10.7 Å². The number of benzene rings is 1. The lowest BCUT2D eigenvalue weighted by molar-refractivity contribution is -0.402. The molecule has 0 saturated carbocycles. The molecule has 0 aliphatic heterocycles. The summed E-state index contributed by atoms with van der Waals surface area (Å²) in [7, 11) is 0. The summed E-state index contributed by atoms with van der Waals surface area (Å²) in [4.78, 5) is 11.1. The third kappa shape index (κ3) is 2.84. The first-order valence-electron chi connectivity index (χ1n) is 5.30. The smallest absolute Gasteiger partial charge is 0.404 e. The molecule has 2 aromatic rings. The van der Waals surface area contributed by atoms with Crippen LogP contribution < -0.4 is 5.32 Å². The maximum Gasteiger partial charge on any atom is 0.433 e. The van der Waals surface area contributed by atoms with Gasteiger partial charge in [-0.1, -0.05) is 12.1 Å². The van der Waals surface area contributed by atoms with Crippen LogP contribution >= 0.6 is 11.8 Å². The molecule has 0 bridgehead atoms. The molecule has 0 aliphatic carbocycles. The summed E-state index contributed by atoms with van der Waals surface area (Å²) < 4.78 is 5.07. The molecule has 94 valence electrons. The van der Waals surface area contributed by atoms with Crippen LogP contribution in [-0.4, -0.2) is 11.2 Å². The average Bonchev–Trinajstić information content (AvgIpc) is 2.85. The summed E-state index contributed by atoms with van der Waals surface area (Å²) in [5.41, 5.74) is 0.990. The summed E-state index contributed by atoms with van der Waals surface area (Å²) in [5, 5.41) is 13.7. The average molecular weight is 264 g/mol. The third-order valence-corrected chi connectivity index (χ3v) is 3.18. The van der Waals surface area contributed by atoms with Crippen LogP contribution in [0.5, 0.6) is 0 Å². The van der Waals surface area contributed by atoms with E-state index in [9.17, 15) is 10.1 Å². The summed E-state index contributed by atoms with van der Waals surface area (Å²) in [6, 6.07) is 10.8. The Labute approximate surface area is 108 Å². The van der Waals surface area contributed by atoms with Crippen molar-refractivity contribution in [3.05, 3.63) is 52.3 Å². The number of nitro groups is 1. The van der Waals surface area contributed by atoms with Gasteiger partial charge in [0.15, 0.2) is 0 Å². The molecular weight excluding hydrogens is 252 g/mol. The van der Waals surface area contributed by atoms with Crippen molar-refractivity contribution in [3.63, 3.8) is 0 Å². The Morgan fingerprint density at radius 1 is 1.33 bits per heavy atom. The summed E-state index contributed by atoms with van der Waals surface area (Å²) >= 11 is 1.64. The van der Waals surface area contributed by atoms with Crippen molar-refractivity contribution in [1.29, 1.82) is 0 Å². The SMILES string of the molecule is CSc1ccccc1NCc1ccc([N+](=O)[O-])o1. The van der Waals surface area contributed by atoms with Crippen LogP contribution in [0.4, 0.5) is 11.6 Å². The summed E-state index contributed by atoms with van der Waals surface area (Å²) in [5.74, 6) is 0.308. The lowest BCUT2D eigenvalue weighted by Crippen LogP contribution is -1.99. The van der Waals surface area contributed by atoms with Crippen LogP contribution in [0.15, 0.2) is 45.7 Å². The van der Waals surface area contributed by atoms with E-state index in [0.29, 0.717) is 12.3 Å². The normalized spacial score (nSPS) is 10.3. The van der Waals surface area contributed by atoms with Gasteiger partial charge < -0.3 is 9.73 Å². The molecule has 1 N–H and O–H groups in total. The molecule has 1 aromatic carbocycles. The first-order chi connectivity index (χ1) is 8.70. The summed E-state index contributed by atoms with van der Waals surface area (Å²) in [6.07, 6.45) is 2.00. The molecule has 1 heterocycles. The second kappa shape index (κ2) is 5.59. The maximum absolute atomic E-state index is 10.5. The maximum atomic E-state index is 10.5. The number of nitrogens with zero attached hydrogens (tertiary/aromatic N) is 1. The number of hydrogen-bond donors (Lipinski definition) is 1. The highest BCUT2D eigenvalue weighted by Gasteiger charge is 2.11. The van der Waals surface area contributed by atoms with Crippen LogP contribution in [0.1, 0.15) is 5.76 Å². The Bertz CT molecular complexity index is 554. The fourth-order valence-corrected chi connectivity index (χ4v) is 2.11. The van der Waals surface area contributed by atoms with Crippen LogP contribution in [-0.2, 0) is 6.54 Å². The van der Waals surface area contributed by atoms with Crippen molar-refractivity contribution in [1.82, 2.24) is 0 Å². The van der Waals surface area contributed by atoms with E-state index >= 15 is 0 Å². The zero-order valence-corrected chi connectivity index (χ0v) is 10.6. The van der Waals surface area contributed by atoms with Crippen molar-refractivity contribution in [2.75, 3.05) is 11.6 Å². The van der Waals surface area contributed by atoms with Crippen LogP contribution in [0, 0.1) is 10.1 Å². The van der Waals surface area contributed by atoms with Crippen LogP contribution in [0.3, 0.4) is 0 Å². The van der Waals surface area contributed by atoms with Gasteiger partial charge >= 0.3 is 5.88 Å². The number of anilines is 1. The monoisotopic (exact) mass is 264 g/mol. The zero-order chi connectivity index (χ0) is 13.0. The Morgan fingerprint density at radius 2 is 2.11 bits per heavy atom. The fourth-order valence-electron chi connectivity index (χ4n) is 1.53. The number of para-hydroxylation sites is 1. The lowest BCUT2D eigenvalue weighted by Gasteiger charge is -2.08. The van der Waals surface area contributed by atoms with E-state index in [4.69, 9.17) is 4.42 Å². The van der Waals surface area contributed by atoms with Crippen molar-refractivity contribution < 1.29 is 9.34 Å². The molecule has 0 amide bonds. The van der Waals surface area contributed by atoms with Gasteiger partial charge in [0.2, 0.25) is 0 Å². The number of furan rings is 1. The predicted octanol–water partition coefficient (Wildman–Crippen LogP) is 3.52. The number of thioether (sulfide) groups is 1. The molecular formula is C12H12N2O3S. The Kier molecular flexibility index (Phi) is 3.88. The van der Waals surface area contributed by atoms with Crippen molar-refractivity contribution in [3.8, 4) is 0 Å². The van der Waals surface area contributed by atoms with Gasteiger partial charge in [0.05, 0.1) is 12.6 Å². The van der Waals surface area contributed by atoms with Crippen molar-refractivity contribution >= 4 is 23.3 Å². The molecule has 0 aliphatic rings. The Hall–Kier alpha value is -1.95. The van der Waals surface area contributed by atoms with E-state index in [1.165, 1.54) is 6.07 Å². The van der Waals surface area contributed by atoms with Gasteiger partial charge in [-0.25, -0.2) is 0 Å². The highest BCUT2D eigenvalue weighted by atomic mass is 32.2. The molecule has 18 heavy (non-hydrogen) atoms. The second-order valence-corrected chi connectivity index (χ2v) is 4.40. The van der Waals surface area contributed by atoms with Gasteiger partial charge in [0.25, 0.3) is 0 Å². The predicted molar refractivity (Wildman–Crippen MR) is 70.9 cm³/mol. The fraction of sp³-hybridized carbons (Fsp3) is 0.167. The molecule has 0 radical (unpaired) electrons. The largest absolute Gasteiger partial charge is 0.433 e. The number of nitrogens with one attached hydrogen (secondary N) is 1. The van der Waals surface area contributed by atoms with E-state index < -0.39 is 4.92 Å². The molecule has 6 heteroatoms. The lowest BCUT2D eigenvalue weighted by atomic mass is 10.3. The molecule has 0 unspecified atom stereocenters. The standard InChI is InChI=1S/C12H12N2O3S/c1-18-11-5-3-2-4-10(11)13-8-9-6-7-12(17-9)14(15)16/h2-7,13H,8H2,1H3. The van der Waals surface area contributed by atoms with E-state index in [2.05, 4.69) is 5.32 Å². The van der Waals surface area contributed by atoms with Gasteiger partial charge in [-0.15, -0.1) is 11.8 Å². The van der Waals surface area contributed by atoms with Crippen LogP contribution in [0.25, 0.3) is 0 Å². The Morgan fingerprint density at radius 3 is 2.78 bits per heavy atom. The first kappa shape index (κ1) is 12.5. The molecule has 0 atom stereocenters. The van der Waals surface area contributed by atoms with Crippen molar-refractivity contribution in [2.45, 2.75) is 11.4 Å². The van der Waals surface area contributed by atoms with Gasteiger partial charge in [-0.2, -0.15) is 0 Å². The minimum atomic E-state index is -0.542. The number of rotatable bonds is 5. The minimum absolute atomic E-state index is 0.232. The third-order valence-electron chi connectivity index (χ3n) is 2.39. The molecule has 5 nitrogen and oxygen atoms in total. The molecule has 1 aromatic heterocycles. The minimum Gasteiger partial charge on any atom is -0.404 e. The van der Waals surface area contributed by atoms with E-state index in [1.54, 1.807) is 17.8 Å². The number of hydrogen-bond acceptors (Lipinski definition) is 5. The topological polar surface area (TPSA) is 68.3 Å². The summed E-state index contributed by atoms with van der Waals surface area (Å²) in [6.45, 7) is 0.422. The van der Waals surface area contributed by atoms with Gasteiger partial charge in [-0.3, -0.25) is 10.1 Å². The molecule has 0 saturated heterocycles. The van der Waals surface area contributed by atoms with Crippen molar-refractivity contribution in [2.24, 2.45) is 0 Å². The second-order valence-electron chi connectivity index (χ2n) is 3.55. The van der Waals surface area contributed by atoms with E-state index in [1.807, 2.05) is 30.5 Å². The van der Waals surface area contributed by atoms with Gasteiger partial charge in [0, 0.05) is 10.6 Å². The molecule has 0 fully saturated rings. The Balaban J connectivity index is 2.04. The van der Waals surface area contributed by atoms with E-state index in [-0.39, 0.29) is 5.88 Å². The van der Waals surface area contributed by atoms with Gasteiger partial charge in [-0.05, 0) is 24.5 Å². The zero-order valence-electron chi connectivity index (χ0n) is 9.75. The van der Waals surface area contributed by atoms with Crippen LogP contribution in [0.2, 0.25) is 0 Å². The quantitative estimate of drug-likeness (QED) is 0.508. The van der Waals surface area contributed by atoms with E-state index in [0.717, 1.165) is 10.6 Å². The first-order valence-corrected chi connectivity index (χ1v) is 6.53. The molecule has 0 spiro atoms. The highest BCUT2D eigenvalue weighted by Crippen LogP contribution is 2.25. The molecule has 2 rings (SSSR count). The highest BCUT2D eigenvalue weighted by molar-refractivity contribution is 7.98.